The first-order valence-electron chi connectivity index (χ1n) is 34.1. The van der Waals surface area contributed by atoms with Crippen LogP contribution in [-0.2, 0) is 61.6 Å². The van der Waals surface area contributed by atoms with Crippen molar-refractivity contribution in [3.63, 3.8) is 0 Å². The Labute approximate surface area is 556 Å². The number of fused-ring (bicyclic) bond motifs is 7. The van der Waals surface area contributed by atoms with Crippen LogP contribution in [0.2, 0.25) is 0 Å². The maximum atomic E-state index is 15.4. The van der Waals surface area contributed by atoms with Crippen molar-refractivity contribution in [2.75, 3.05) is 33.0 Å². The van der Waals surface area contributed by atoms with Crippen LogP contribution in [0.1, 0.15) is 120 Å². The van der Waals surface area contributed by atoms with Crippen LogP contribution in [0.3, 0.4) is 0 Å². The smallest absolute Gasteiger partial charge is 0.315 e. The molecule has 6 saturated heterocycles. The molecule has 18 N–H and O–H groups in total. The number of aliphatic hydroxyl groups excluding tert-OH is 18. The topological polar surface area (TPSA) is 492 Å². The molecule has 96 heavy (non-hydrogen) atoms. The van der Waals surface area contributed by atoms with Crippen LogP contribution in [0, 0.1) is 50.2 Å². The standard InChI is InChI=1S/C65H106O31/c1-25-36(70)40(74)45(79)54(87-25)94-51-31(21-67)90-53(49(83)44(51)78)86-23-32-39(73)43(77)48(82)57(91-32)96-59(84)65-17-15-60(3,4)19-28(65)27-9-10-34-61(5)13-12-35(62(6,24-68)33(61)11-14-64(34,8)63(27,7)16-18-65)92-58-52(95-55-46(80)41(75)37(71)26(2)88-55)50(29(69)22-85-58)93-56-47(81)42(76)38(72)30(20-66)89-56/h9,25-26,28-58,66-83H,10-24H2,1-8H3/t25-,26-,28-,29-,30+,31+,32+,33+,34+,35-,36-,37-,38+,39+,40+,41+,42-,43-,44+,45+,46+,47+,48+,49+,50-,51+,52+,53+,54-,55-,56-,57-,58-,61-,62-,63+,64+,65-/m0/s1. The summed E-state index contributed by atoms with van der Waals surface area (Å²) in [6.45, 7) is 13.0. The Morgan fingerprint density at radius 3 is 1.62 bits per heavy atom. The van der Waals surface area contributed by atoms with Crippen LogP contribution in [0.15, 0.2) is 11.6 Å². The van der Waals surface area contributed by atoms with Gasteiger partial charge in [-0.05, 0) is 117 Å². The van der Waals surface area contributed by atoms with Crippen LogP contribution in [-0.4, -0.2) is 315 Å². The molecule has 0 aromatic heterocycles. The lowest BCUT2D eigenvalue weighted by atomic mass is 9.33. The van der Waals surface area contributed by atoms with Gasteiger partial charge in [0.2, 0.25) is 6.29 Å². The zero-order valence-corrected chi connectivity index (χ0v) is 55.6. The first-order chi connectivity index (χ1) is 45.1. The summed E-state index contributed by atoms with van der Waals surface area (Å²) in [6.07, 6.45) is -40.7. The molecule has 0 aromatic rings. The Morgan fingerprint density at radius 1 is 0.500 bits per heavy atom. The first kappa shape index (κ1) is 75.2. The number of hydrogen-bond acceptors (Lipinski definition) is 31. The molecule has 0 amide bonds. The van der Waals surface area contributed by atoms with Crippen LogP contribution < -0.4 is 0 Å². The minimum absolute atomic E-state index is 0.0352. The van der Waals surface area contributed by atoms with E-state index in [0.717, 1.165) is 5.57 Å². The predicted octanol–water partition coefficient (Wildman–Crippen LogP) is -4.72. The molecule has 0 bridgehead atoms. The monoisotopic (exact) mass is 1380 g/mol. The van der Waals surface area contributed by atoms with Crippen LogP contribution in [0.4, 0.5) is 0 Å². The highest BCUT2D eigenvalue weighted by Crippen LogP contribution is 2.76. The fraction of sp³-hybridized carbons (Fsp3) is 0.954. The summed E-state index contributed by atoms with van der Waals surface area (Å²) in [5.74, 6) is -1.14. The molecule has 10 fully saturated rings. The molecule has 5 aliphatic carbocycles. The number of allylic oxidation sites excluding steroid dienone is 2. The molecule has 31 nitrogen and oxygen atoms in total. The highest BCUT2D eigenvalue weighted by molar-refractivity contribution is 5.79. The molecule has 0 spiro atoms. The maximum Gasteiger partial charge on any atom is 0.315 e. The summed E-state index contributed by atoms with van der Waals surface area (Å²) in [5.41, 5.74) is -2.46. The van der Waals surface area contributed by atoms with E-state index in [2.05, 4.69) is 40.7 Å². The van der Waals surface area contributed by atoms with E-state index in [-0.39, 0.29) is 35.2 Å². The maximum absolute atomic E-state index is 15.4. The third-order valence-corrected chi connectivity index (χ3v) is 25.3. The average molecular weight is 1380 g/mol. The number of ether oxygens (including phenoxy) is 12. The Balaban J connectivity index is 0.797. The molecule has 0 unspecified atom stereocenters. The molecule has 4 saturated carbocycles. The number of hydrogen-bond donors (Lipinski definition) is 18. The van der Waals surface area contributed by atoms with Crippen molar-refractivity contribution < 1.29 is 154 Å². The van der Waals surface area contributed by atoms with E-state index in [1.807, 2.05) is 6.92 Å². The van der Waals surface area contributed by atoms with Crippen LogP contribution >= 0.6 is 0 Å². The van der Waals surface area contributed by atoms with Crippen molar-refractivity contribution >= 4 is 5.97 Å². The lowest BCUT2D eigenvalue weighted by Gasteiger charge is -2.71. The molecule has 6 aliphatic heterocycles. The quantitative estimate of drug-likeness (QED) is 0.0392. The SMILES string of the molecule is C[C@@H]1O[C@@H](O[C@H]2[C@H](O[C@H]3CC[C@@]4(C)[C@@H](CC[C@]5(C)[C@@H]4CC=C4[C@@H]6CC(C)(C)CC[C@]6(C(=O)O[C@@H]6O[C@H](CO[C@@H]7O[C@H](CO)[C@@H](O[C@@H]8O[C@@H](C)[C@H](O)[C@@H](O)[C@H]8O)[C@H](O)[C@H]7O)[C@@H](O)[C@H](O)[C@H]6O)CC[C@]45C)[C@]3(C)CO)OC[C@H](O)[C@@H]2O[C@@H]2O[C@H](CO)[C@@H](O)[C@H](O)[C@H]2O)[C@H](O)[C@H](O)[C@H]1O. The molecule has 0 radical (unpaired) electrons. The van der Waals surface area contributed by atoms with Gasteiger partial charge in [-0.15, -0.1) is 0 Å². The Morgan fingerprint density at radius 2 is 1.02 bits per heavy atom. The summed E-state index contributed by atoms with van der Waals surface area (Å²) < 4.78 is 72.2. The van der Waals surface area contributed by atoms with Gasteiger partial charge in [0.05, 0.1) is 56.8 Å². The second-order valence-corrected chi connectivity index (χ2v) is 31.3. The summed E-state index contributed by atoms with van der Waals surface area (Å²) in [4.78, 5) is 15.4. The molecular formula is C65H106O31. The molecule has 31 heteroatoms. The van der Waals surface area contributed by atoms with Gasteiger partial charge in [0, 0.05) is 5.41 Å². The molecule has 11 rings (SSSR count). The summed E-state index contributed by atoms with van der Waals surface area (Å²) in [7, 11) is 0. The van der Waals surface area contributed by atoms with Crippen molar-refractivity contribution in [3.8, 4) is 0 Å². The Hall–Kier alpha value is -1.95. The Bertz CT molecular complexity index is 2690. The summed E-state index contributed by atoms with van der Waals surface area (Å²) in [5, 5.41) is 196. The van der Waals surface area contributed by atoms with E-state index in [9.17, 15) is 91.9 Å². The van der Waals surface area contributed by atoms with Gasteiger partial charge in [-0.3, -0.25) is 4.79 Å². The minimum atomic E-state index is -1.93. The van der Waals surface area contributed by atoms with Crippen molar-refractivity contribution in [1.29, 1.82) is 0 Å². The molecule has 38 atom stereocenters. The van der Waals surface area contributed by atoms with Gasteiger partial charge in [0.1, 0.15) is 128 Å². The number of esters is 1. The highest BCUT2D eigenvalue weighted by atomic mass is 16.8. The van der Waals surface area contributed by atoms with Gasteiger partial charge in [-0.25, -0.2) is 0 Å². The van der Waals surface area contributed by atoms with Crippen molar-refractivity contribution in [1.82, 2.24) is 0 Å². The Kier molecular flexibility index (Phi) is 22.1. The fourth-order valence-corrected chi connectivity index (χ4v) is 19.0. The highest BCUT2D eigenvalue weighted by Gasteiger charge is 2.71. The van der Waals surface area contributed by atoms with Crippen molar-refractivity contribution in [2.24, 2.45) is 50.2 Å². The zero-order valence-electron chi connectivity index (χ0n) is 55.6. The second kappa shape index (κ2) is 28.3. The van der Waals surface area contributed by atoms with Gasteiger partial charge in [0.25, 0.3) is 0 Å². The molecule has 0 aromatic carbocycles. The first-order valence-corrected chi connectivity index (χ1v) is 34.1. The van der Waals surface area contributed by atoms with Crippen LogP contribution in [0.5, 0.6) is 0 Å². The largest absolute Gasteiger partial charge is 0.432 e. The van der Waals surface area contributed by atoms with E-state index < -0.39 is 238 Å². The van der Waals surface area contributed by atoms with Crippen molar-refractivity contribution in [3.05, 3.63) is 11.6 Å². The van der Waals surface area contributed by atoms with E-state index in [1.165, 1.54) is 13.8 Å². The number of carbonyl (C=O) groups excluding carboxylic acids is 1. The third kappa shape index (κ3) is 12.8. The molecular weight excluding hydrogens is 1280 g/mol. The second-order valence-electron chi connectivity index (χ2n) is 31.3. The normalized spacial score (nSPS) is 55.1. The number of rotatable bonds is 16. The minimum Gasteiger partial charge on any atom is -0.432 e. The lowest BCUT2D eigenvalue weighted by molar-refractivity contribution is -0.388. The number of carbonyl (C=O) groups is 1. The molecule has 6 heterocycles. The lowest BCUT2D eigenvalue weighted by Crippen LogP contribution is -2.67. The molecule has 11 aliphatic rings. The zero-order chi connectivity index (χ0) is 70.0. The van der Waals surface area contributed by atoms with Gasteiger partial charge >= 0.3 is 5.97 Å². The van der Waals surface area contributed by atoms with Gasteiger partial charge in [-0.2, -0.15) is 0 Å². The van der Waals surface area contributed by atoms with E-state index >= 15 is 4.79 Å². The summed E-state index contributed by atoms with van der Waals surface area (Å²) in [6, 6.07) is 0. The summed E-state index contributed by atoms with van der Waals surface area (Å²) >= 11 is 0. The fourth-order valence-electron chi connectivity index (χ4n) is 19.0. The third-order valence-electron chi connectivity index (χ3n) is 25.3. The van der Waals surface area contributed by atoms with E-state index in [1.54, 1.807) is 0 Å². The van der Waals surface area contributed by atoms with E-state index in [4.69, 9.17) is 56.8 Å². The average Bonchev–Trinajstić information content (AvgIpc) is 0.675. The number of aliphatic hydroxyl groups is 18. The molecule has 552 valence electrons. The van der Waals surface area contributed by atoms with Gasteiger partial charge < -0.3 is 149 Å². The van der Waals surface area contributed by atoms with Crippen LogP contribution in [0.25, 0.3) is 0 Å². The van der Waals surface area contributed by atoms with Gasteiger partial charge in [0.15, 0.2) is 31.5 Å². The van der Waals surface area contributed by atoms with Crippen molar-refractivity contribution in [2.45, 2.75) is 304 Å². The predicted molar refractivity (Wildman–Crippen MR) is 321 cm³/mol. The van der Waals surface area contributed by atoms with E-state index in [0.29, 0.717) is 64.2 Å². The van der Waals surface area contributed by atoms with Gasteiger partial charge in [-0.1, -0.05) is 53.2 Å².